The molecule has 0 saturated carbocycles. The molecule has 0 bridgehead atoms. The number of carboxylic acids is 1. The zero-order valence-corrected chi connectivity index (χ0v) is 11.7. The minimum absolute atomic E-state index is 0.252. The number of ether oxygens (including phenoxy) is 1. The van der Waals surface area contributed by atoms with Crippen LogP contribution in [0.3, 0.4) is 0 Å². The number of unbranched alkanes of at least 4 members (excludes halogenated alkanes) is 1. The Morgan fingerprint density at radius 3 is 2.95 bits per heavy atom. The molecule has 0 aliphatic heterocycles. The second-order valence-electron chi connectivity index (χ2n) is 4.68. The average Bonchev–Trinajstić information content (AvgIpc) is 2.41. The highest BCUT2D eigenvalue weighted by atomic mass is 16.5. The van der Waals surface area contributed by atoms with Gasteiger partial charge in [-0.2, -0.15) is 0 Å². The van der Waals surface area contributed by atoms with Crippen molar-refractivity contribution < 1.29 is 14.6 Å². The maximum atomic E-state index is 10.8. The second kappa shape index (κ2) is 8.53. The minimum Gasteiger partial charge on any atom is -0.492 e. The van der Waals surface area contributed by atoms with Crippen LogP contribution < -0.4 is 10.1 Å². The van der Waals surface area contributed by atoms with Crippen LogP contribution in [0.5, 0.6) is 5.75 Å². The topological polar surface area (TPSA) is 58.6 Å². The Labute approximate surface area is 114 Å². The molecule has 0 heterocycles. The third-order valence-corrected chi connectivity index (χ3v) is 2.94. The Hall–Kier alpha value is -1.55. The molecule has 4 nitrogen and oxygen atoms in total. The van der Waals surface area contributed by atoms with Gasteiger partial charge in [0.25, 0.3) is 0 Å². The molecule has 4 heteroatoms. The van der Waals surface area contributed by atoms with Gasteiger partial charge in [0.05, 0.1) is 5.56 Å². The molecule has 0 aliphatic carbocycles. The molecule has 106 valence electrons. The molecule has 2 N–H and O–H groups in total. The van der Waals surface area contributed by atoms with E-state index in [1.54, 1.807) is 24.3 Å². The molecule has 1 atom stereocenters. The van der Waals surface area contributed by atoms with E-state index in [1.807, 2.05) is 0 Å². The molecule has 0 aliphatic rings. The predicted octanol–water partition coefficient (Wildman–Crippen LogP) is 2.93. The highest BCUT2D eigenvalue weighted by molar-refractivity contribution is 5.87. The predicted molar refractivity (Wildman–Crippen MR) is 75.9 cm³/mol. The summed E-state index contributed by atoms with van der Waals surface area (Å²) < 4.78 is 5.53. The lowest BCUT2D eigenvalue weighted by atomic mass is 10.1. The zero-order chi connectivity index (χ0) is 14.1. The number of aromatic carboxylic acids is 1. The summed E-state index contributed by atoms with van der Waals surface area (Å²) in [5, 5.41) is 12.3. The van der Waals surface area contributed by atoms with Crippen molar-refractivity contribution in [3.63, 3.8) is 0 Å². The van der Waals surface area contributed by atoms with Crippen LogP contribution in [0.1, 0.15) is 43.5 Å². The Morgan fingerprint density at radius 2 is 2.26 bits per heavy atom. The Balaban J connectivity index is 2.25. The Bertz CT molecular complexity index is 393. The van der Waals surface area contributed by atoms with Gasteiger partial charge < -0.3 is 15.2 Å². The van der Waals surface area contributed by atoms with Gasteiger partial charge in [-0.1, -0.05) is 25.8 Å². The summed E-state index contributed by atoms with van der Waals surface area (Å²) in [6.07, 6.45) is 3.62. The molecule has 1 rings (SSSR count). The number of carboxylic acid groups (broad SMARTS) is 1. The molecule has 0 radical (unpaired) electrons. The normalized spacial score (nSPS) is 12.1. The maximum absolute atomic E-state index is 10.8. The Kier molecular flexibility index (Phi) is 6.97. The van der Waals surface area contributed by atoms with Crippen molar-refractivity contribution >= 4 is 5.97 Å². The number of benzene rings is 1. The maximum Gasteiger partial charge on any atom is 0.335 e. The van der Waals surface area contributed by atoms with E-state index in [1.165, 1.54) is 19.3 Å². The van der Waals surface area contributed by atoms with E-state index < -0.39 is 5.97 Å². The Morgan fingerprint density at radius 1 is 1.47 bits per heavy atom. The van der Waals surface area contributed by atoms with Gasteiger partial charge in [0.15, 0.2) is 0 Å². The van der Waals surface area contributed by atoms with E-state index >= 15 is 0 Å². The zero-order valence-electron chi connectivity index (χ0n) is 11.7. The highest BCUT2D eigenvalue weighted by Crippen LogP contribution is 2.13. The fourth-order valence-corrected chi connectivity index (χ4v) is 1.81. The molecular formula is C15H23NO3. The van der Waals surface area contributed by atoms with E-state index in [0.29, 0.717) is 18.4 Å². The van der Waals surface area contributed by atoms with Crippen molar-refractivity contribution in [3.8, 4) is 5.75 Å². The van der Waals surface area contributed by atoms with Crippen molar-refractivity contribution in [3.05, 3.63) is 29.8 Å². The standard InChI is InChI=1S/C15H23NO3/c1-3-4-6-12(2)16-9-10-19-14-8-5-7-13(11-14)15(17)18/h5,7-8,11-12,16H,3-4,6,9-10H2,1-2H3,(H,17,18). The van der Waals surface area contributed by atoms with Gasteiger partial charge >= 0.3 is 5.97 Å². The van der Waals surface area contributed by atoms with E-state index in [2.05, 4.69) is 19.2 Å². The van der Waals surface area contributed by atoms with E-state index in [9.17, 15) is 4.79 Å². The summed E-state index contributed by atoms with van der Waals surface area (Å²) in [7, 11) is 0. The average molecular weight is 265 g/mol. The van der Waals surface area contributed by atoms with E-state index in [4.69, 9.17) is 9.84 Å². The largest absolute Gasteiger partial charge is 0.492 e. The quantitative estimate of drug-likeness (QED) is 0.674. The molecule has 0 fully saturated rings. The van der Waals surface area contributed by atoms with Crippen LogP contribution >= 0.6 is 0 Å². The first-order chi connectivity index (χ1) is 9.13. The lowest BCUT2D eigenvalue weighted by Gasteiger charge is -2.13. The number of nitrogens with one attached hydrogen (secondary N) is 1. The highest BCUT2D eigenvalue weighted by Gasteiger charge is 2.04. The summed E-state index contributed by atoms with van der Waals surface area (Å²) >= 11 is 0. The molecule has 0 amide bonds. The van der Waals surface area contributed by atoms with E-state index in [-0.39, 0.29) is 5.56 Å². The van der Waals surface area contributed by atoms with Gasteiger partial charge in [-0.25, -0.2) is 4.79 Å². The lowest BCUT2D eigenvalue weighted by molar-refractivity contribution is 0.0696. The number of rotatable bonds is 9. The van der Waals surface area contributed by atoms with Gasteiger partial charge in [-0.3, -0.25) is 0 Å². The van der Waals surface area contributed by atoms with Crippen LogP contribution in [-0.4, -0.2) is 30.3 Å². The van der Waals surface area contributed by atoms with Crippen LogP contribution in [0.15, 0.2) is 24.3 Å². The molecular weight excluding hydrogens is 242 g/mol. The first kappa shape index (κ1) is 15.5. The molecule has 1 unspecified atom stereocenters. The fraction of sp³-hybridized carbons (Fsp3) is 0.533. The smallest absolute Gasteiger partial charge is 0.335 e. The summed E-state index contributed by atoms with van der Waals surface area (Å²) in [5.74, 6) is -0.334. The van der Waals surface area contributed by atoms with Gasteiger partial charge in [0, 0.05) is 12.6 Å². The van der Waals surface area contributed by atoms with Crippen molar-refractivity contribution in [1.29, 1.82) is 0 Å². The van der Waals surface area contributed by atoms with Gasteiger partial charge in [-0.15, -0.1) is 0 Å². The lowest BCUT2D eigenvalue weighted by Crippen LogP contribution is -2.30. The summed E-state index contributed by atoms with van der Waals surface area (Å²) in [6, 6.07) is 7.06. The van der Waals surface area contributed by atoms with Crippen molar-refractivity contribution in [2.24, 2.45) is 0 Å². The third kappa shape index (κ3) is 6.25. The first-order valence-electron chi connectivity index (χ1n) is 6.83. The van der Waals surface area contributed by atoms with Gasteiger partial charge in [-0.05, 0) is 31.5 Å². The number of carbonyl (C=O) groups is 1. The summed E-state index contributed by atoms with van der Waals surface area (Å²) in [5.41, 5.74) is 0.252. The van der Waals surface area contributed by atoms with Gasteiger partial charge in [0.2, 0.25) is 0 Å². The van der Waals surface area contributed by atoms with Crippen LogP contribution in [0, 0.1) is 0 Å². The SMILES string of the molecule is CCCCC(C)NCCOc1cccc(C(=O)O)c1. The van der Waals surface area contributed by atoms with Crippen LogP contribution in [0.25, 0.3) is 0 Å². The minimum atomic E-state index is -0.934. The van der Waals surface area contributed by atoms with Crippen molar-refractivity contribution in [1.82, 2.24) is 5.32 Å². The second-order valence-corrected chi connectivity index (χ2v) is 4.68. The first-order valence-corrected chi connectivity index (χ1v) is 6.83. The van der Waals surface area contributed by atoms with Crippen molar-refractivity contribution in [2.45, 2.75) is 39.2 Å². The van der Waals surface area contributed by atoms with Crippen LogP contribution in [0.4, 0.5) is 0 Å². The third-order valence-electron chi connectivity index (χ3n) is 2.94. The summed E-state index contributed by atoms with van der Waals surface area (Å²) in [4.78, 5) is 10.8. The monoisotopic (exact) mass is 265 g/mol. The van der Waals surface area contributed by atoms with Crippen LogP contribution in [-0.2, 0) is 0 Å². The molecule has 1 aromatic rings. The summed E-state index contributed by atoms with van der Waals surface area (Å²) in [6.45, 7) is 5.66. The van der Waals surface area contributed by atoms with Crippen LogP contribution in [0.2, 0.25) is 0 Å². The van der Waals surface area contributed by atoms with E-state index in [0.717, 1.165) is 6.54 Å². The molecule has 0 aromatic heterocycles. The number of hydrogen-bond acceptors (Lipinski definition) is 3. The number of hydrogen-bond donors (Lipinski definition) is 2. The van der Waals surface area contributed by atoms with Gasteiger partial charge in [0.1, 0.15) is 12.4 Å². The molecule has 0 spiro atoms. The fourth-order valence-electron chi connectivity index (χ4n) is 1.81. The molecule has 19 heavy (non-hydrogen) atoms. The van der Waals surface area contributed by atoms with Crippen molar-refractivity contribution in [2.75, 3.05) is 13.2 Å². The molecule has 1 aromatic carbocycles. The molecule has 0 saturated heterocycles.